The van der Waals surface area contributed by atoms with E-state index >= 15 is 0 Å². The zero-order valence-electron chi connectivity index (χ0n) is 15.6. The number of carbonyl (C=O) groups excluding carboxylic acids is 1. The first-order valence-electron chi connectivity index (χ1n) is 9.10. The van der Waals surface area contributed by atoms with Crippen LogP contribution in [0.4, 0.5) is 4.79 Å². The van der Waals surface area contributed by atoms with Crippen molar-refractivity contribution in [1.82, 2.24) is 4.90 Å². The van der Waals surface area contributed by atoms with E-state index in [2.05, 4.69) is 24.3 Å². The van der Waals surface area contributed by atoms with Crippen LogP contribution in [0.25, 0.3) is 10.8 Å². The van der Waals surface area contributed by atoms with E-state index < -0.39 is 24.0 Å². The van der Waals surface area contributed by atoms with Gasteiger partial charge in [-0.2, -0.15) is 0 Å². The SMILES string of the molecule is CC(C)(C)OC(=O)N1CCCC(OCc2ccc3ccccc3c2)C1O. The molecule has 3 rings (SSSR count). The summed E-state index contributed by atoms with van der Waals surface area (Å²) in [6.45, 7) is 6.32. The largest absolute Gasteiger partial charge is 0.444 e. The number of nitrogens with zero attached hydrogens (tertiary/aromatic N) is 1. The van der Waals surface area contributed by atoms with Gasteiger partial charge in [0.05, 0.1) is 6.61 Å². The van der Waals surface area contributed by atoms with Gasteiger partial charge in [-0.15, -0.1) is 0 Å². The Morgan fingerprint density at radius 3 is 2.65 bits per heavy atom. The molecule has 1 fully saturated rings. The molecule has 0 saturated carbocycles. The van der Waals surface area contributed by atoms with Gasteiger partial charge in [0.15, 0.2) is 6.23 Å². The number of aliphatic hydroxyl groups is 1. The zero-order valence-corrected chi connectivity index (χ0v) is 15.6. The highest BCUT2D eigenvalue weighted by molar-refractivity contribution is 5.82. The number of ether oxygens (including phenoxy) is 2. The van der Waals surface area contributed by atoms with Crippen molar-refractivity contribution in [2.45, 2.75) is 58.2 Å². The Balaban J connectivity index is 1.62. The number of carbonyl (C=O) groups is 1. The molecule has 0 bridgehead atoms. The first kappa shape index (κ1) is 18.7. The van der Waals surface area contributed by atoms with Crippen molar-refractivity contribution < 1.29 is 19.4 Å². The van der Waals surface area contributed by atoms with E-state index in [1.54, 1.807) is 0 Å². The zero-order chi connectivity index (χ0) is 18.7. The molecule has 140 valence electrons. The van der Waals surface area contributed by atoms with Crippen molar-refractivity contribution >= 4 is 16.9 Å². The van der Waals surface area contributed by atoms with Crippen LogP contribution in [0.5, 0.6) is 0 Å². The van der Waals surface area contributed by atoms with E-state index in [1.807, 2.05) is 39.0 Å². The predicted octanol–water partition coefficient (Wildman–Crippen LogP) is 4.07. The highest BCUT2D eigenvalue weighted by Gasteiger charge is 2.35. The van der Waals surface area contributed by atoms with Gasteiger partial charge in [0, 0.05) is 6.54 Å². The third-order valence-electron chi connectivity index (χ3n) is 4.45. The minimum Gasteiger partial charge on any atom is -0.444 e. The summed E-state index contributed by atoms with van der Waals surface area (Å²) in [6, 6.07) is 14.4. The fourth-order valence-electron chi connectivity index (χ4n) is 3.17. The fourth-order valence-corrected chi connectivity index (χ4v) is 3.17. The van der Waals surface area contributed by atoms with Crippen molar-refractivity contribution in [2.75, 3.05) is 6.54 Å². The minimum atomic E-state index is -0.987. The molecule has 1 aliphatic rings. The number of likely N-dealkylation sites (tertiary alicyclic amines) is 1. The molecule has 5 heteroatoms. The van der Waals surface area contributed by atoms with Gasteiger partial charge in [0.1, 0.15) is 11.7 Å². The third-order valence-corrected chi connectivity index (χ3v) is 4.45. The second kappa shape index (κ2) is 7.64. The molecule has 0 aliphatic carbocycles. The van der Waals surface area contributed by atoms with Gasteiger partial charge in [-0.05, 0) is 56.0 Å². The molecule has 1 heterocycles. The average molecular weight is 357 g/mol. The Morgan fingerprint density at radius 2 is 1.92 bits per heavy atom. The summed E-state index contributed by atoms with van der Waals surface area (Å²) < 4.78 is 11.3. The smallest absolute Gasteiger partial charge is 0.412 e. The lowest BCUT2D eigenvalue weighted by Gasteiger charge is -2.38. The number of aliphatic hydroxyl groups excluding tert-OH is 1. The molecular weight excluding hydrogens is 330 g/mol. The Bertz CT molecular complexity index is 768. The summed E-state index contributed by atoms with van der Waals surface area (Å²) in [5.74, 6) is 0. The summed E-state index contributed by atoms with van der Waals surface area (Å²) in [7, 11) is 0. The minimum absolute atomic E-state index is 0.398. The number of hydrogen-bond donors (Lipinski definition) is 1. The average Bonchev–Trinajstić information content (AvgIpc) is 2.59. The highest BCUT2D eigenvalue weighted by atomic mass is 16.6. The van der Waals surface area contributed by atoms with Gasteiger partial charge >= 0.3 is 6.09 Å². The van der Waals surface area contributed by atoms with Crippen molar-refractivity contribution in [3.8, 4) is 0 Å². The number of rotatable bonds is 3. The monoisotopic (exact) mass is 357 g/mol. The predicted molar refractivity (Wildman–Crippen MR) is 101 cm³/mol. The number of hydrogen-bond acceptors (Lipinski definition) is 4. The van der Waals surface area contributed by atoms with Crippen LogP contribution in [0.15, 0.2) is 42.5 Å². The summed E-state index contributed by atoms with van der Waals surface area (Å²) in [6.07, 6.45) is -0.405. The molecule has 2 aromatic rings. The quantitative estimate of drug-likeness (QED) is 0.899. The Kier molecular flexibility index (Phi) is 5.49. The van der Waals surface area contributed by atoms with Crippen LogP contribution in [0, 0.1) is 0 Å². The molecule has 1 aliphatic heterocycles. The maximum atomic E-state index is 12.3. The third kappa shape index (κ3) is 4.54. The maximum Gasteiger partial charge on any atom is 0.412 e. The fraction of sp³-hybridized carbons (Fsp3) is 0.476. The standard InChI is InChI=1S/C21H27NO4/c1-21(2,3)26-20(24)22-12-6-9-18(19(22)23)25-14-15-10-11-16-7-4-5-8-17(16)13-15/h4-5,7-8,10-11,13,18-19,23H,6,9,12,14H2,1-3H3. The molecular formula is C21H27NO4. The molecule has 5 nitrogen and oxygen atoms in total. The Morgan fingerprint density at radius 1 is 1.19 bits per heavy atom. The normalized spacial score (nSPS) is 21.0. The van der Waals surface area contributed by atoms with Crippen molar-refractivity contribution in [2.24, 2.45) is 0 Å². The molecule has 2 aromatic carbocycles. The van der Waals surface area contributed by atoms with Gasteiger partial charge in [0.2, 0.25) is 0 Å². The van der Waals surface area contributed by atoms with Crippen molar-refractivity contribution in [3.63, 3.8) is 0 Å². The van der Waals surface area contributed by atoms with Crippen LogP contribution >= 0.6 is 0 Å². The Labute approximate surface area is 154 Å². The van der Waals surface area contributed by atoms with E-state index in [9.17, 15) is 9.90 Å². The topological polar surface area (TPSA) is 59.0 Å². The lowest BCUT2D eigenvalue weighted by molar-refractivity contribution is -0.134. The Hall–Kier alpha value is -2.11. The molecule has 0 aromatic heterocycles. The van der Waals surface area contributed by atoms with Crippen molar-refractivity contribution in [3.05, 3.63) is 48.0 Å². The number of benzene rings is 2. The van der Waals surface area contributed by atoms with E-state index in [0.29, 0.717) is 19.6 Å². The lowest BCUT2D eigenvalue weighted by atomic mass is 10.1. The van der Waals surface area contributed by atoms with E-state index in [4.69, 9.17) is 9.47 Å². The van der Waals surface area contributed by atoms with Crippen LogP contribution < -0.4 is 0 Å². The van der Waals surface area contributed by atoms with Gasteiger partial charge in [-0.25, -0.2) is 4.79 Å². The highest BCUT2D eigenvalue weighted by Crippen LogP contribution is 2.23. The molecule has 1 amide bonds. The van der Waals surface area contributed by atoms with Crippen LogP contribution in [-0.4, -0.2) is 40.6 Å². The second-order valence-corrected chi connectivity index (χ2v) is 7.76. The number of piperidine rings is 1. The first-order valence-corrected chi connectivity index (χ1v) is 9.10. The molecule has 1 saturated heterocycles. The van der Waals surface area contributed by atoms with Gasteiger partial charge in [0.25, 0.3) is 0 Å². The van der Waals surface area contributed by atoms with Crippen LogP contribution in [0.3, 0.4) is 0 Å². The maximum absolute atomic E-state index is 12.3. The molecule has 2 atom stereocenters. The van der Waals surface area contributed by atoms with Gasteiger partial charge in [-0.1, -0.05) is 36.4 Å². The number of amides is 1. The molecule has 0 spiro atoms. The van der Waals surface area contributed by atoms with Crippen LogP contribution in [-0.2, 0) is 16.1 Å². The van der Waals surface area contributed by atoms with Gasteiger partial charge < -0.3 is 14.6 Å². The molecule has 1 N–H and O–H groups in total. The van der Waals surface area contributed by atoms with E-state index in [-0.39, 0.29) is 0 Å². The second-order valence-electron chi connectivity index (χ2n) is 7.76. The van der Waals surface area contributed by atoms with E-state index in [0.717, 1.165) is 17.4 Å². The summed E-state index contributed by atoms with van der Waals surface area (Å²) in [5, 5.41) is 12.9. The summed E-state index contributed by atoms with van der Waals surface area (Å²) in [4.78, 5) is 13.6. The lowest BCUT2D eigenvalue weighted by Crippen LogP contribution is -2.53. The summed E-state index contributed by atoms with van der Waals surface area (Å²) in [5.41, 5.74) is 0.459. The first-order chi connectivity index (χ1) is 12.3. The van der Waals surface area contributed by atoms with E-state index in [1.165, 1.54) is 10.3 Å². The molecule has 2 unspecified atom stereocenters. The van der Waals surface area contributed by atoms with Crippen LogP contribution in [0.2, 0.25) is 0 Å². The van der Waals surface area contributed by atoms with Gasteiger partial charge in [-0.3, -0.25) is 4.90 Å². The molecule has 0 radical (unpaired) electrons. The van der Waals surface area contributed by atoms with Crippen molar-refractivity contribution in [1.29, 1.82) is 0 Å². The number of fused-ring (bicyclic) bond motifs is 1. The van der Waals surface area contributed by atoms with Crippen LogP contribution in [0.1, 0.15) is 39.2 Å². The molecule has 26 heavy (non-hydrogen) atoms. The summed E-state index contributed by atoms with van der Waals surface area (Å²) >= 11 is 0.